The molecule has 3 heterocycles. The highest BCUT2D eigenvalue weighted by Crippen LogP contribution is 2.40. The molecule has 1 atom stereocenters. The normalized spacial score (nSPS) is 14.8. The fourth-order valence-electron chi connectivity index (χ4n) is 4.17. The highest BCUT2D eigenvalue weighted by molar-refractivity contribution is 9.10. The van der Waals surface area contributed by atoms with Gasteiger partial charge in [-0.05, 0) is 40.9 Å². The number of imidazole rings is 1. The molecule has 184 valence electrons. The summed E-state index contributed by atoms with van der Waals surface area (Å²) < 4.78 is 14.9. The first-order chi connectivity index (χ1) is 18.2. The Morgan fingerprint density at radius 2 is 1.68 bits per heavy atom. The van der Waals surface area contributed by atoms with E-state index in [0.29, 0.717) is 33.8 Å². The van der Waals surface area contributed by atoms with Gasteiger partial charge in [-0.3, -0.25) is 0 Å². The van der Waals surface area contributed by atoms with Crippen molar-refractivity contribution in [1.82, 2.24) is 19.5 Å². The summed E-state index contributed by atoms with van der Waals surface area (Å²) in [5.41, 5.74) is 11.9. The first kappa shape index (κ1) is 23.6. The third-order valence-electron chi connectivity index (χ3n) is 6.07. The molecular formula is C28H22BrN5O2S. The van der Waals surface area contributed by atoms with Gasteiger partial charge in [-0.15, -0.1) is 0 Å². The standard InChI is InChI=1S/C28H22BrN5O2S/c29-22-9-5-4-8-21(22)27-35-16-23(36-27)37-28-33-24-25(30)31-17-32-26(24)34(28)15-14-18-10-12-20(13-11-18)19-6-2-1-3-7-19/h1-13,16-17,27H,14-15H2,(H2,30,31,32). The first-order valence-corrected chi connectivity index (χ1v) is 13.3. The third kappa shape index (κ3) is 4.92. The van der Waals surface area contributed by atoms with Gasteiger partial charge in [0.1, 0.15) is 12.6 Å². The molecule has 0 radical (unpaired) electrons. The van der Waals surface area contributed by atoms with Gasteiger partial charge in [0, 0.05) is 16.6 Å². The van der Waals surface area contributed by atoms with Crippen LogP contribution in [0.1, 0.15) is 17.4 Å². The van der Waals surface area contributed by atoms with E-state index < -0.39 is 6.29 Å². The van der Waals surface area contributed by atoms with Crippen molar-refractivity contribution >= 4 is 44.7 Å². The van der Waals surface area contributed by atoms with Crippen LogP contribution in [0.4, 0.5) is 5.82 Å². The zero-order chi connectivity index (χ0) is 25.2. The molecule has 0 aliphatic carbocycles. The second-order valence-corrected chi connectivity index (χ2v) is 10.3. The van der Waals surface area contributed by atoms with E-state index in [1.807, 2.05) is 30.3 Å². The van der Waals surface area contributed by atoms with Crippen molar-refractivity contribution in [3.8, 4) is 11.1 Å². The van der Waals surface area contributed by atoms with Crippen LogP contribution >= 0.6 is 27.7 Å². The second kappa shape index (κ2) is 10.3. The molecule has 5 aromatic rings. The topological polar surface area (TPSA) is 88.1 Å². The number of fused-ring (bicyclic) bond motifs is 1. The fourth-order valence-corrected chi connectivity index (χ4v) is 5.48. The number of aromatic nitrogens is 4. The van der Waals surface area contributed by atoms with Crippen molar-refractivity contribution in [2.45, 2.75) is 24.4 Å². The van der Waals surface area contributed by atoms with Crippen molar-refractivity contribution in [1.29, 1.82) is 0 Å². The average molecular weight is 572 g/mol. The lowest BCUT2D eigenvalue weighted by atomic mass is 10.0. The zero-order valence-electron chi connectivity index (χ0n) is 19.6. The molecule has 37 heavy (non-hydrogen) atoms. The van der Waals surface area contributed by atoms with E-state index in [1.54, 1.807) is 6.26 Å². The minimum Gasteiger partial charge on any atom is -0.454 e. The Kier molecular flexibility index (Phi) is 6.55. The summed E-state index contributed by atoms with van der Waals surface area (Å²) in [6.45, 7) is 0.668. The smallest absolute Gasteiger partial charge is 0.268 e. The van der Waals surface area contributed by atoms with Crippen molar-refractivity contribution in [3.05, 3.63) is 112 Å². The number of aryl methyl sites for hydroxylation is 2. The summed E-state index contributed by atoms with van der Waals surface area (Å²) >= 11 is 4.94. The van der Waals surface area contributed by atoms with E-state index in [-0.39, 0.29) is 0 Å². The third-order valence-corrected chi connectivity index (χ3v) is 7.68. The van der Waals surface area contributed by atoms with Crippen LogP contribution < -0.4 is 5.73 Å². The molecule has 2 N–H and O–H groups in total. The van der Waals surface area contributed by atoms with Crippen molar-refractivity contribution in [2.75, 3.05) is 5.73 Å². The SMILES string of the molecule is Nc1ncnc2c1nc(SC1=COC(c3ccccc3Br)O1)n2CCc1ccc(-c2ccccc2)cc1. The molecule has 0 spiro atoms. The molecule has 0 fully saturated rings. The maximum absolute atomic E-state index is 6.13. The number of halogens is 1. The van der Waals surface area contributed by atoms with E-state index in [2.05, 4.69) is 79.0 Å². The largest absolute Gasteiger partial charge is 0.454 e. The lowest BCUT2D eigenvalue weighted by molar-refractivity contribution is -0.0278. The average Bonchev–Trinajstić information content (AvgIpc) is 3.54. The van der Waals surface area contributed by atoms with Crippen LogP contribution in [0, 0.1) is 0 Å². The Hall–Kier alpha value is -3.82. The molecule has 0 bridgehead atoms. The van der Waals surface area contributed by atoms with E-state index in [1.165, 1.54) is 34.8 Å². The zero-order valence-corrected chi connectivity index (χ0v) is 22.0. The van der Waals surface area contributed by atoms with Crippen molar-refractivity contribution < 1.29 is 9.47 Å². The fraction of sp³-hybridized carbons (Fsp3) is 0.107. The first-order valence-electron chi connectivity index (χ1n) is 11.7. The van der Waals surface area contributed by atoms with Gasteiger partial charge in [0.15, 0.2) is 22.1 Å². The monoisotopic (exact) mass is 571 g/mol. The predicted molar refractivity (Wildman–Crippen MR) is 148 cm³/mol. The summed E-state index contributed by atoms with van der Waals surface area (Å²) in [6.07, 6.45) is 3.36. The molecule has 7 nitrogen and oxygen atoms in total. The van der Waals surface area contributed by atoms with Crippen LogP contribution in [0.15, 0.2) is 106 Å². The predicted octanol–water partition coefficient (Wildman–Crippen LogP) is 6.72. The van der Waals surface area contributed by atoms with Gasteiger partial charge >= 0.3 is 0 Å². The highest BCUT2D eigenvalue weighted by Gasteiger charge is 2.26. The van der Waals surface area contributed by atoms with Crippen LogP contribution in [0.25, 0.3) is 22.3 Å². The maximum atomic E-state index is 6.13. The number of nitrogens with zero attached hydrogens (tertiary/aromatic N) is 4. The Labute approximate surface area is 226 Å². The van der Waals surface area contributed by atoms with Crippen LogP contribution in [0.2, 0.25) is 0 Å². The molecule has 0 saturated heterocycles. The summed E-state index contributed by atoms with van der Waals surface area (Å²) in [5, 5.41) is 1.32. The minimum atomic E-state index is -0.524. The highest BCUT2D eigenvalue weighted by atomic mass is 79.9. The van der Waals surface area contributed by atoms with Gasteiger partial charge in [-0.2, -0.15) is 0 Å². The molecule has 1 aliphatic rings. The molecule has 3 aromatic carbocycles. The van der Waals surface area contributed by atoms with Crippen LogP contribution in [-0.2, 0) is 22.4 Å². The minimum absolute atomic E-state index is 0.349. The van der Waals surface area contributed by atoms with Crippen LogP contribution in [-0.4, -0.2) is 19.5 Å². The van der Waals surface area contributed by atoms with E-state index in [4.69, 9.17) is 20.2 Å². The van der Waals surface area contributed by atoms with Gasteiger partial charge in [-0.1, -0.05) is 88.7 Å². The maximum Gasteiger partial charge on any atom is 0.268 e. The van der Waals surface area contributed by atoms with E-state index in [9.17, 15) is 0 Å². The molecule has 1 unspecified atom stereocenters. The quantitative estimate of drug-likeness (QED) is 0.232. The molecular weight excluding hydrogens is 550 g/mol. The second-order valence-electron chi connectivity index (χ2n) is 8.44. The van der Waals surface area contributed by atoms with Gasteiger partial charge < -0.3 is 19.8 Å². The molecule has 0 amide bonds. The molecule has 2 aromatic heterocycles. The Balaban J connectivity index is 1.22. The van der Waals surface area contributed by atoms with Gasteiger partial charge in [0.2, 0.25) is 5.09 Å². The van der Waals surface area contributed by atoms with Crippen molar-refractivity contribution in [3.63, 3.8) is 0 Å². The number of rotatable bonds is 7. The number of anilines is 1. The van der Waals surface area contributed by atoms with Crippen molar-refractivity contribution in [2.24, 2.45) is 0 Å². The Bertz CT molecular complexity index is 1590. The lowest BCUT2D eigenvalue weighted by Crippen LogP contribution is -2.05. The molecule has 6 rings (SSSR count). The number of nitrogens with two attached hydrogens (primary N) is 1. The summed E-state index contributed by atoms with van der Waals surface area (Å²) in [6, 6.07) is 26.8. The molecule has 9 heteroatoms. The summed E-state index contributed by atoms with van der Waals surface area (Å²) in [4.78, 5) is 13.3. The Morgan fingerprint density at radius 1 is 0.919 bits per heavy atom. The molecule has 0 saturated carbocycles. The molecule has 1 aliphatic heterocycles. The van der Waals surface area contributed by atoms with Gasteiger partial charge in [-0.25, -0.2) is 15.0 Å². The van der Waals surface area contributed by atoms with Crippen LogP contribution in [0.3, 0.4) is 0 Å². The summed E-state index contributed by atoms with van der Waals surface area (Å²) in [5.74, 6) is 0.349. The summed E-state index contributed by atoms with van der Waals surface area (Å²) in [7, 11) is 0. The lowest BCUT2D eigenvalue weighted by Gasteiger charge is -2.13. The van der Waals surface area contributed by atoms with E-state index in [0.717, 1.165) is 16.5 Å². The number of hydrogen-bond donors (Lipinski definition) is 1. The number of hydrogen-bond acceptors (Lipinski definition) is 7. The van der Waals surface area contributed by atoms with Gasteiger partial charge in [0.05, 0.1) is 0 Å². The number of ether oxygens (including phenoxy) is 2. The number of thioether (sulfide) groups is 1. The number of nitrogen functional groups attached to an aromatic ring is 1. The Morgan fingerprint density at radius 3 is 2.49 bits per heavy atom. The number of benzene rings is 3. The van der Waals surface area contributed by atoms with Gasteiger partial charge in [0.25, 0.3) is 6.29 Å². The van der Waals surface area contributed by atoms with E-state index >= 15 is 0 Å². The van der Waals surface area contributed by atoms with Crippen LogP contribution in [0.5, 0.6) is 0 Å².